The monoisotopic (exact) mass is 360 g/mol. The maximum absolute atomic E-state index is 6.06. The molecule has 0 N–H and O–H groups in total. The van der Waals surface area contributed by atoms with Crippen molar-refractivity contribution >= 4 is 22.1 Å². The summed E-state index contributed by atoms with van der Waals surface area (Å²) in [5.74, 6) is 1.34. The van der Waals surface area contributed by atoms with Crippen LogP contribution < -0.4 is 4.74 Å². The lowest BCUT2D eigenvalue weighted by Gasteiger charge is -2.08. The second-order valence-electron chi connectivity index (χ2n) is 6.19. The molecule has 0 saturated carbocycles. The molecule has 5 aromatic rings. The number of nitrogens with zero attached hydrogens (tertiary/aromatic N) is 8. The smallest absolute Gasteiger partial charge is 0.305 e. The number of aryl methyl sites for hydroxylation is 2. The zero-order valence-corrected chi connectivity index (χ0v) is 14.8. The van der Waals surface area contributed by atoms with Crippen molar-refractivity contribution in [1.82, 2.24) is 39.3 Å². The van der Waals surface area contributed by atoms with Crippen LogP contribution in [0.3, 0.4) is 0 Å². The lowest BCUT2D eigenvalue weighted by atomic mass is 10.3. The van der Waals surface area contributed by atoms with Gasteiger partial charge in [0.2, 0.25) is 0 Å². The summed E-state index contributed by atoms with van der Waals surface area (Å²) in [6.07, 6.45) is 0. The Labute approximate surface area is 153 Å². The van der Waals surface area contributed by atoms with Gasteiger partial charge < -0.3 is 9.30 Å². The maximum Gasteiger partial charge on any atom is 0.305 e. The highest BCUT2D eigenvalue weighted by atomic mass is 16.5. The van der Waals surface area contributed by atoms with E-state index < -0.39 is 0 Å². The predicted molar refractivity (Wildman–Crippen MR) is 98.5 cm³/mol. The molecule has 0 aliphatic heterocycles. The third-order valence-electron chi connectivity index (χ3n) is 4.54. The second kappa shape index (κ2) is 5.90. The fraction of sp³-hybridized carbons (Fsp3) is 0.167. The van der Waals surface area contributed by atoms with E-state index in [4.69, 9.17) is 4.74 Å². The standard InChI is InChI=1S/C18H16N8O/c1-24-14-9-5-3-7-12(14)19-16(24)11-27-18-20-13-8-4-6-10-15(13)26(18)17-21-22-23-25(17)2/h3-10H,11H2,1-2H3. The molecule has 0 aliphatic carbocycles. The van der Waals surface area contributed by atoms with Crippen LogP contribution in [0.15, 0.2) is 48.5 Å². The fourth-order valence-electron chi connectivity index (χ4n) is 3.16. The molecule has 0 aliphatic rings. The van der Waals surface area contributed by atoms with Crippen LogP contribution >= 0.6 is 0 Å². The molecule has 134 valence electrons. The molecule has 0 unspecified atom stereocenters. The maximum atomic E-state index is 6.06. The SMILES string of the molecule is Cn1nnnc1-n1c(OCc2nc3ccccc3n2C)nc2ccccc21. The molecule has 0 fully saturated rings. The molecule has 2 aromatic carbocycles. The van der Waals surface area contributed by atoms with Gasteiger partial charge in [-0.15, -0.1) is 0 Å². The Hall–Kier alpha value is -3.75. The minimum Gasteiger partial charge on any atom is -0.456 e. The minimum absolute atomic E-state index is 0.278. The number of para-hydroxylation sites is 4. The third-order valence-corrected chi connectivity index (χ3v) is 4.54. The van der Waals surface area contributed by atoms with Crippen LogP contribution in [0.1, 0.15) is 5.82 Å². The molecule has 0 bridgehead atoms. The zero-order chi connectivity index (χ0) is 18.4. The fourth-order valence-corrected chi connectivity index (χ4v) is 3.16. The summed E-state index contributed by atoms with van der Waals surface area (Å²) < 4.78 is 11.5. The van der Waals surface area contributed by atoms with E-state index >= 15 is 0 Å². The molecule has 9 heteroatoms. The highest BCUT2D eigenvalue weighted by Gasteiger charge is 2.18. The third kappa shape index (κ3) is 2.43. The summed E-state index contributed by atoms with van der Waals surface area (Å²) in [6, 6.07) is 16.2. The van der Waals surface area contributed by atoms with E-state index in [-0.39, 0.29) is 6.61 Å². The van der Waals surface area contributed by atoms with Gasteiger partial charge in [-0.25, -0.2) is 14.2 Å². The Morgan fingerprint density at radius 2 is 1.59 bits per heavy atom. The van der Waals surface area contributed by atoms with Gasteiger partial charge in [-0.05, 0) is 34.7 Å². The molecule has 0 atom stereocenters. The predicted octanol–water partition coefficient (Wildman–Crippen LogP) is 2.01. The summed E-state index contributed by atoms with van der Waals surface area (Å²) in [6.45, 7) is 0.278. The van der Waals surface area contributed by atoms with Gasteiger partial charge in [0, 0.05) is 14.1 Å². The van der Waals surface area contributed by atoms with Crippen molar-refractivity contribution in [2.24, 2.45) is 14.1 Å². The molecule has 0 saturated heterocycles. The van der Waals surface area contributed by atoms with Crippen molar-refractivity contribution in [3.63, 3.8) is 0 Å². The van der Waals surface area contributed by atoms with Crippen LogP contribution in [-0.4, -0.2) is 39.3 Å². The number of ether oxygens (including phenoxy) is 1. The van der Waals surface area contributed by atoms with Crippen molar-refractivity contribution < 1.29 is 4.74 Å². The normalized spacial score (nSPS) is 11.5. The van der Waals surface area contributed by atoms with E-state index in [1.807, 2.05) is 60.1 Å². The molecular formula is C18H16N8O. The molecule has 0 amide bonds. The summed E-state index contributed by atoms with van der Waals surface area (Å²) in [5, 5.41) is 11.7. The molecule has 3 heterocycles. The Bertz CT molecular complexity index is 1270. The van der Waals surface area contributed by atoms with E-state index in [9.17, 15) is 0 Å². The second-order valence-corrected chi connectivity index (χ2v) is 6.19. The molecule has 0 spiro atoms. The van der Waals surface area contributed by atoms with Gasteiger partial charge in [0.05, 0.1) is 22.1 Å². The average Bonchev–Trinajstić information content (AvgIpc) is 3.35. The van der Waals surface area contributed by atoms with Crippen molar-refractivity contribution in [1.29, 1.82) is 0 Å². The van der Waals surface area contributed by atoms with E-state index in [1.54, 1.807) is 16.3 Å². The molecular weight excluding hydrogens is 344 g/mol. The van der Waals surface area contributed by atoms with Gasteiger partial charge >= 0.3 is 6.01 Å². The number of imidazole rings is 2. The molecule has 27 heavy (non-hydrogen) atoms. The molecule has 9 nitrogen and oxygen atoms in total. The summed E-state index contributed by atoms with van der Waals surface area (Å²) in [5.41, 5.74) is 3.67. The van der Waals surface area contributed by atoms with Gasteiger partial charge in [-0.2, -0.15) is 4.98 Å². The highest BCUT2D eigenvalue weighted by Crippen LogP contribution is 2.25. The van der Waals surface area contributed by atoms with Crippen molar-refractivity contribution in [2.45, 2.75) is 6.61 Å². The topological polar surface area (TPSA) is 88.5 Å². The number of tetrazole rings is 1. The Kier molecular flexibility index (Phi) is 3.39. The van der Waals surface area contributed by atoms with Crippen molar-refractivity contribution in [3.8, 4) is 12.0 Å². The van der Waals surface area contributed by atoms with Gasteiger partial charge in [-0.3, -0.25) is 0 Å². The van der Waals surface area contributed by atoms with Gasteiger partial charge in [0.1, 0.15) is 12.4 Å². The number of fused-ring (bicyclic) bond motifs is 2. The number of hydrogen-bond acceptors (Lipinski definition) is 6. The molecule has 5 rings (SSSR count). The lowest BCUT2D eigenvalue weighted by Crippen LogP contribution is -2.10. The van der Waals surface area contributed by atoms with E-state index in [0.29, 0.717) is 12.0 Å². The van der Waals surface area contributed by atoms with Gasteiger partial charge in [0.15, 0.2) is 0 Å². The summed E-state index contributed by atoms with van der Waals surface area (Å²) >= 11 is 0. The molecule has 0 radical (unpaired) electrons. The summed E-state index contributed by atoms with van der Waals surface area (Å²) in [4.78, 5) is 9.25. The Morgan fingerprint density at radius 3 is 2.30 bits per heavy atom. The quantitative estimate of drug-likeness (QED) is 0.487. The van der Waals surface area contributed by atoms with Crippen LogP contribution in [0.5, 0.6) is 6.01 Å². The van der Waals surface area contributed by atoms with Gasteiger partial charge in [0.25, 0.3) is 5.95 Å². The Balaban J connectivity index is 1.57. The number of benzene rings is 2. The van der Waals surface area contributed by atoms with Crippen LogP contribution in [0.25, 0.3) is 28.0 Å². The number of aromatic nitrogens is 8. The van der Waals surface area contributed by atoms with Crippen LogP contribution in [0, 0.1) is 0 Å². The highest BCUT2D eigenvalue weighted by molar-refractivity contribution is 5.78. The number of rotatable bonds is 4. The first-order valence-electron chi connectivity index (χ1n) is 8.46. The molecule has 3 aromatic heterocycles. The largest absolute Gasteiger partial charge is 0.456 e. The van der Waals surface area contributed by atoms with E-state index in [0.717, 1.165) is 27.9 Å². The summed E-state index contributed by atoms with van der Waals surface area (Å²) in [7, 11) is 3.75. The Morgan fingerprint density at radius 1 is 0.889 bits per heavy atom. The first kappa shape index (κ1) is 15.5. The van der Waals surface area contributed by atoms with E-state index in [1.165, 1.54) is 0 Å². The van der Waals surface area contributed by atoms with Crippen molar-refractivity contribution in [3.05, 3.63) is 54.4 Å². The van der Waals surface area contributed by atoms with E-state index in [2.05, 4.69) is 25.5 Å². The average molecular weight is 360 g/mol. The zero-order valence-electron chi connectivity index (χ0n) is 14.8. The number of hydrogen-bond donors (Lipinski definition) is 0. The van der Waals surface area contributed by atoms with Crippen LogP contribution in [-0.2, 0) is 20.7 Å². The van der Waals surface area contributed by atoms with Gasteiger partial charge in [-0.1, -0.05) is 29.4 Å². The lowest BCUT2D eigenvalue weighted by molar-refractivity contribution is 0.264. The van der Waals surface area contributed by atoms with Crippen LogP contribution in [0.4, 0.5) is 0 Å². The first-order chi connectivity index (χ1) is 13.2. The van der Waals surface area contributed by atoms with Crippen molar-refractivity contribution in [2.75, 3.05) is 0 Å². The van der Waals surface area contributed by atoms with Crippen LogP contribution in [0.2, 0.25) is 0 Å². The first-order valence-corrected chi connectivity index (χ1v) is 8.46. The minimum atomic E-state index is 0.278.